The molecule has 5 nitrogen and oxygen atoms in total. The molecule has 4 saturated carbocycles. The number of carbonyl (C=O) groups is 2. The zero-order valence-electron chi connectivity index (χ0n) is 33.1. The van der Waals surface area contributed by atoms with Crippen LogP contribution in [0.15, 0.2) is 78.2 Å². The van der Waals surface area contributed by atoms with Crippen LogP contribution in [0.5, 0.6) is 0 Å². The lowest BCUT2D eigenvalue weighted by molar-refractivity contribution is -0.154. The highest BCUT2D eigenvalue weighted by atomic mass is 16.5. The molecule has 0 saturated heterocycles. The van der Waals surface area contributed by atoms with E-state index in [0.717, 1.165) is 51.4 Å². The minimum Gasteiger partial charge on any atom is -0.463 e. The molecule has 0 radical (unpaired) electrons. The molecule has 0 spiro atoms. The Bertz CT molecular complexity index is 1740. The fourth-order valence-corrected chi connectivity index (χ4v) is 14.0. The number of hydrogen-bond acceptors (Lipinski definition) is 5. The van der Waals surface area contributed by atoms with Crippen molar-refractivity contribution in [2.75, 3.05) is 0 Å². The van der Waals surface area contributed by atoms with Gasteiger partial charge in [-0.2, -0.15) is 0 Å². The Labute approximate surface area is 318 Å². The van der Waals surface area contributed by atoms with Crippen LogP contribution in [0.1, 0.15) is 130 Å². The maximum Gasteiger partial charge on any atom is 0.302 e. The molecule has 1 aromatic heterocycles. The molecule has 0 bridgehead atoms. The zero-order valence-corrected chi connectivity index (χ0v) is 33.1. The summed E-state index contributed by atoms with van der Waals surface area (Å²) in [5, 5.41) is 0. The molecule has 7 aliphatic carbocycles. The number of carbonyl (C=O) groups excluding carboxylic acids is 2. The molecule has 1 aromatic rings. The van der Waals surface area contributed by atoms with Crippen LogP contribution in [-0.4, -0.2) is 29.1 Å². The van der Waals surface area contributed by atoms with E-state index >= 15 is 0 Å². The summed E-state index contributed by atoms with van der Waals surface area (Å²) in [6.07, 6.45) is 31.8. The Morgan fingerprint density at radius 1 is 0.830 bits per heavy atom. The average molecular weight is 718 g/mol. The third-order valence-corrected chi connectivity index (χ3v) is 16.6. The molecule has 53 heavy (non-hydrogen) atoms. The Morgan fingerprint density at radius 3 is 2.34 bits per heavy atom. The van der Waals surface area contributed by atoms with Gasteiger partial charge in [0.05, 0.1) is 0 Å². The highest BCUT2D eigenvalue weighted by Crippen LogP contribution is 2.68. The Hall–Kier alpha value is -3.21. The van der Waals surface area contributed by atoms with Crippen LogP contribution in [0.3, 0.4) is 0 Å². The summed E-state index contributed by atoms with van der Waals surface area (Å²) in [7, 11) is 0. The van der Waals surface area contributed by atoms with E-state index in [1.54, 1.807) is 36.1 Å². The predicted octanol–water partition coefficient (Wildman–Crippen LogP) is 11.2. The fourth-order valence-electron chi connectivity index (χ4n) is 14.0. The number of rotatable bonds is 7. The van der Waals surface area contributed by atoms with E-state index in [-0.39, 0.29) is 40.4 Å². The van der Waals surface area contributed by atoms with Gasteiger partial charge in [-0.05, 0) is 169 Å². The summed E-state index contributed by atoms with van der Waals surface area (Å²) >= 11 is 0. The van der Waals surface area contributed by atoms with Gasteiger partial charge in [0.15, 0.2) is 0 Å². The Kier molecular flexibility index (Phi) is 9.80. The largest absolute Gasteiger partial charge is 0.463 e. The summed E-state index contributed by atoms with van der Waals surface area (Å²) in [4.78, 5) is 28.3. The minimum atomic E-state index is -0.144. The van der Waals surface area contributed by atoms with Gasteiger partial charge in [-0.25, -0.2) is 0 Å². The van der Waals surface area contributed by atoms with Crippen LogP contribution < -0.4 is 0 Å². The Balaban J connectivity index is 1.07. The Morgan fingerprint density at radius 2 is 1.58 bits per heavy atom. The van der Waals surface area contributed by atoms with E-state index in [9.17, 15) is 9.59 Å². The van der Waals surface area contributed by atoms with Crippen LogP contribution in [0.4, 0.5) is 0 Å². The molecule has 0 amide bonds. The molecule has 284 valence electrons. The summed E-state index contributed by atoms with van der Waals surface area (Å²) in [6, 6.07) is 4.43. The van der Waals surface area contributed by atoms with Crippen LogP contribution in [-0.2, 0) is 19.1 Å². The number of allylic oxidation sites excluding steroid dienone is 8. The van der Waals surface area contributed by atoms with Crippen molar-refractivity contribution in [1.29, 1.82) is 0 Å². The number of fused-ring (bicyclic) bond motifs is 6. The van der Waals surface area contributed by atoms with E-state index in [4.69, 9.17) is 9.47 Å². The van der Waals surface area contributed by atoms with Crippen molar-refractivity contribution in [2.24, 2.45) is 57.7 Å². The minimum absolute atomic E-state index is 0.0467. The molecule has 7 aliphatic rings. The summed E-state index contributed by atoms with van der Waals surface area (Å²) < 4.78 is 11.5. The number of nitrogens with zero attached hydrogens (tertiary/aromatic N) is 1. The second-order valence-corrected chi connectivity index (χ2v) is 19.0. The molecular formula is C48H63NO4. The van der Waals surface area contributed by atoms with Crippen LogP contribution in [0, 0.1) is 57.7 Å². The van der Waals surface area contributed by atoms with Gasteiger partial charge in [-0.3, -0.25) is 14.6 Å². The first kappa shape index (κ1) is 36.8. The van der Waals surface area contributed by atoms with Crippen LogP contribution >= 0.6 is 0 Å². The third-order valence-electron chi connectivity index (χ3n) is 16.6. The van der Waals surface area contributed by atoms with E-state index < -0.39 is 0 Å². The topological polar surface area (TPSA) is 65.5 Å². The van der Waals surface area contributed by atoms with E-state index in [2.05, 4.69) is 75.0 Å². The highest BCUT2D eigenvalue weighted by molar-refractivity contribution is 5.75. The van der Waals surface area contributed by atoms with Crippen molar-refractivity contribution >= 4 is 17.5 Å². The van der Waals surface area contributed by atoms with Crippen LogP contribution in [0.25, 0.3) is 5.57 Å². The molecule has 12 atom stereocenters. The van der Waals surface area contributed by atoms with Crippen molar-refractivity contribution in [3.05, 3.63) is 83.8 Å². The van der Waals surface area contributed by atoms with E-state index in [0.29, 0.717) is 41.4 Å². The maximum absolute atomic E-state index is 11.9. The van der Waals surface area contributed by atoms with Crippen molar-refractivity contribution in [2.45, 2.75) is 137 Å². The average Bonchev–Trinajstić information content (AvgIpc) is 3.72. The molecular weight excluding hydrogens is 655 g/mol. The van der Waals surface area contributed by atoms with Gasteiger partial charge in [-0.1, -0.05) is 69.4 Å². The maximum atomic E-state index is 11.9. The lowest BCUT2D eigenvalue weighted by atomic mass is 9.47. The van der Waals surface area contributed by atoms with Crippen molar-refractivity contribution in [1.82, 2.24) is 4.98 Å². The lowest BCUT2D eigenvalue weighted by Gasteiger charge is -2.58. The number of hydrogen-bond donors (Lipinski definition) is 0. The van der Waals surface area contributed by atoms with Crippen molar-refractivity contribution < 1.29 is 19.1 Å². The molecule has 0 aromatic carbocycles. The zero-order chi connectivity index (χ0) is 37.1. The molecule has 7 unspecified atom stereocenters. The first-order valence-electron chi connectivity index (χ1n) is 21.1. The molecule has 5 heteroatoms. The quantitative estimate of drug-likeness (QED) is 0.160. The smallest absolute Gasteiger partial charge is 0.302 e. The second-order valence-electron chi connectivity index (χ2n) is 19.0. The SMILES string of the molecule is C=C/C=C\C1C(C2CC(C3=CCC4C5CC=C6C[C@@H](OC(C)=O)CC[C@]6(C)C5CC[C@]34C)=C(c3cccnc3)C2)CCC2C[C@@H](OC(C)=O)CC[C@@]21C. The fraction of sp³-hybridized carbons (Fsp3) is 0.646. The number of aromatic nitrogens is 1. The van der Waals surface area contributed by atoms with Gasteiger partial charge in [0, 0.05) is 32.7 Å². The van der Waals surface area contributed by atoms with Gasteiger partial charge in [0.25, 0.3) is 0 Å². The van der Waals surface area contributed by atoms with E-state index in [1.165, 1.54) is 44.1 Å². The van der Waals surface area contributed by atoms with Gasteiger partial charge < -0.3 is 9.47 Å². The van der Waals surface area contributed by atoms with E-state index in [1.807, 2.05) is 12.3 Å². The summed E-state index contributed by atoms with van der Waals surface area (Å²) in [5.74, 6) is 4.04. The second kappa shape index (κ2) is 14.1. The molecule has 0 aliphatic heterocycles. The monoisotopic (exact) mass is 717 g/mol. The highest BCUT2D eigenvalue weighted by Gasteiger charge is 2.58. The summed E-state index contributed by atoms with van der Waals surface area (Å²) in [6.45, 7) is 14.9. The lowest BCUT2D eigenvalue weighted by Crippen LogP contribution is -2.50. The number of pyridine rings is 1. The summed E-state index contributed by atoms with van der Waals surface area (Å²) in [5.41, 5.74) is 8.35. The van der Waals surface area contributed by atoms with Gasteiger partial charge in [-0.15, -0.1) is 0 Å². The van der Waals surface area contributed by atoms with Crippen LogP contribution in [0.2, 0.25) is 0 Å². The molecule has 8 rings (SSSR count). The number of esters is 2. The molecule has 4 fully saturated rings. The molecule has 1 heterocycles. The van der Waals surface area contributed by atoms with Gasteiger partial charge in [0.1, 0.15) is 12.2 Å². The third kappa shape index (κ3) is 6.34. The van der Waals surface area contributed by atoms with Gasteiger partial charge >= 0.3 is 11.9 Å². The number of ether oxygens (including phenoxy) is 2. The first-order valence-corrected chi connectivity index (χ1v) is 21.1. The van der Waals surface area contributed by atoms with Crippen molar-refractivity contribution in [3.63, 3.8) is 0 Å². The van der Waals surface area contributed by atoms with Crippen molar-refractivity contribution in [3.8, 4) is 0 Å². The predicted molar refractivity (Wildman–Crippen MR) is 211 cm³/mol. The van der Waals surface area contributed by atoms with Gasteiger partial charge in [0.2, 0.25) is 0 Å². The first-order chi connectivity index (χ1) is 25.4. The molecule has 0 N–H and O–H groups in total. The standard InChI is InChI=1S/C48H63NO4/c1-7-8-11-42-38(14-12-34-27-36(52-30(2)50)18-21-46(34,42)4)33-25-40(32-10-9-24-49-29-32)41(26-33)44-17-16-43-39-15-13-35-28-37(53-31(3)51)19-22-47(35,5)45(39)20-23-48(43,44)6/h7-11,13,17,24,29,33-34,36-39,42-43,45H,1,12,14-16,18-23,25-28H2,2-6H3/b11-8-/t33?,34?,36-,37-,38?,39?,42?,43?,45?,46-,47-,48-/m0/s1. The normalized spacial score (nSPS) is 42.1.